The first-order chi connectivity index (χ1) is 10.5. The van der Waals surface area contributed by atoms with E-state index in [9.17, 15) is 0 Å². The molecule has 8 heteroatoms. The zero-order chi connectivity index (χ0) is 16.1. The van der Waals surface area contributed by atoms with Crippen molar-refractivity contribution in [1.29, 1.82) is 0 Å². The molecular weight excluding hydrogens is 450 g/mol. The van der Waals surface area contributed by atoms with Crippen LogP contribution in [0.4, 0.5) is 0 Å². The van der Waals surface area contributed by atoms with Crippen LogP contribution >= 0.6 is 47.2 Å². The van der Waals surface area contributed by atoms with Crippen molar-refractivity contribution in [3.8, 4) is 0 Å². The second kappa shape index (κ2) is 9.34. The Labute approximate surface area is 162 Å². The molecule has 0 aliphatic heterocycles. The first kappa shape index (κ1) is 20.1. The summed E-state index contributed by atoms with van der Waals surface area (Å²) in [6, 6.07) is 7.29. The van der Waals surface area contributed by atoms with Crippen molar-refractivity contribution >= 4 is 53.1 Å². The van der Waals surface area contributed by atoms with Gasteiger partial charge in [-0.25, -0.2) is 0 Å². The van der Waals surface area contributed by atoms with Gasteiger partial charge in [-0.3, -0.25) is 4.99 Å². The number of aryl methyl sites for hydroxylation is 1. The molecule has 1 heterocycles. The molecule has 0 aliphatic rings. The minimum absolute atomic E-state index is 0. The van der Waals surface area contributed by atoms with Crippen molar-refractivity contribution < 1.29 is 4.52 Å². The maximum Gasteiger partial charge on any atom is 0.191 e. The van der Waals surface area contributed by atoms with E-state index >= 15 is 0 Å². The summed E-state index contributed by atoms with van der Waals surface area (Å²) in [4.78, 5) is 4.19. The van der Waals surface area contributed by atoms with E-state index in [0.29, 0.717) is 22.5 Å². The molecule has 1 unspecified atom stereocenters. The standard InChI is InChI=1S/C15H18Cl2N4O.HI/c1-9-6-12(22-21-9)8-19-15(18-3)20-10(2)13-5-4-11(16)7-14(13)17;/h4-7,10H,8H2,1-3H3,(H2,18,19,20);1H. The van der Waals surface area contributed by atoms with E-state index in [0.717, 1.165) is 17.0 Å². The molecule has 126 valence electrons. The van der Waals surface area contributed by atoms with E-state index < -0.39 is 0 Å². The van der Waals surface area contributed by atoms with Crippen molar-refractivity contribution in [3.05, 3.63) is 51.3 Å². The van der Waals surface area contributed by atoms with Gasteiger partial charge in [0.05, 0.1) is 18.3 Å². The first-order valence-electron chi connectivity index (χ1n) is 6.84. The van der Waals surface area contributed by atoms with E-state index in [2.05, 4.69) is 20.8 Å². The number of hydrogen-bond acceptors (Lipinski definition) is 3. The lowest BCUT2D eigenvalue weighted by Gasteiger charge is -2.19. The zero-order valence-corrected chi connectivity index (χ0v) is 16.9. The van der Waals surface area contributed by atoms with Gasteiger partial charge in [-0.05, 0) is 31.5 Å². The molecule has 2 rings (SSSR count). The van der Waals surface area contributed by atoms with Crippen LogP contribution in [0.5, 0.6) is 0 Å². The van der Waals surface area contributed by atoms with Gasteiger partial charge in [-0.2, -0.15) is 0 Å². The highest BCUT2D eigenvalue weighted by atomic mass is 127. The van der Waals surface area contributed by atoms with Gasteiger partial charge in [0.1, 0.15) is 0 Å². The molecule has 0 radical (unpaired) electrons. The third-order valence-corrected chi connectivity index (χ3v) is 3.68. The number of halogens is 3. The van der Waals surface area contributed by atoms with E-state index in [1.165, 1.54) is 0 Å². The van der Waals surface area contributed by atoms with E-state index in [1.807, 2.05) is 32.0 Å². The van der Waals surface area contributed by atoms with Crippen LogP contribution in [0, 0.1) is 6.92 Å². The molecule has 0 saturated heterocycles. The van der Waals surface area contributed by atoms with Crippen LogP contribution in [0.15, 0.2) is 33.8 Å². The molecular formula is C15H19Cl2IN4O. The van der Waals surface area contributed by atoms with E-state index in [1.54, 1.807) is 13.1 Å². The van der Waals surface area contributed by atoms with Crippen LogP contribution in [0.3, 0.4) is 0 Å². The third-order valence-electron chi connectivity index (χ3n) is 3.11. The molecule has 2 N–H and O–H groups in total. The quantitative estimate of drug-likeness (QED) is 0.398. The molecule has 5 nitrogen and oxygen atoms in total. The Hall–Kier alpha value is -0.990. The summed E-state index contributed by atoms with van der Waals surface area (Å²) < 4.78 is 5.15. The van der Waals surface area contributed by atoms with Gasteiger partial charge in [0.2, 0.25) is 0 Å². The van der Waals surface area contributed by atoms with Gasteiger partial charge in [-0.15, -0.1) is 24.0 Å². The molecule has 2 aromatic rings. The number of aromatic nitrogens is 1. The van der Waals surface area contributed by atoms with Crippen molar-refractivity contribution in [2.45, 2.75) is 26.4 Å². The minimum Gasteiger partial charge on any atom is -0.359 e. The fourth-order valence-corrected chi connectivity index (χ4v) is 2.57. The third kappa shape index (κ3) is 5.86. The predicted octanol–water partition coefficient (Wildman–Crippen LogP) is 4.33. The molecule has 0 saturated carbocycles. The molecule has 0 fully saturated rings. The predicted molar refractivity (Wildman–Crippen MR) is 105 cm³/mol. The lowest BCUT2D eigenvalue weighted by atomic mass is 10.1. The number of aliphatic imine (C=N–C) groups is 1. The highest BCUT2D eigenvalue weighted by Crippen LogP contribution is 2.25. The minimum atomic E-state index is -0.0209. The van der Waals surface area contributed by atoms with Crippen molar-refractivity contribution in [1.82, 2.24) is 15.8 Å². The number of nitrogens with zero attached hydrogens (tertiary/aromatic N) is 2. The average molecular weight is 469 g/mol. The molecule has 0 aliphatic carbocycles. The Morgan fingerprint density at radius 1 is 1.35 bits per heavy atom. The van der Waals surface area contributed by atoms with Crippen molar-refractivity contribution in [2.24, 2.45) is 4.99 Å². The molecule has 1 aromatic carbocycles. The maximum absolute atomic E-state index is 6.22. The summed E-state index contributed by atoms with van der Waals surface area (Å²) in [6.07, 6.45) is 0. The summed E-state index contributed by atoms with van der Waals surface area (Å²) in [5.41, 5.74) is 1.80. The molecule has 0 amide bonds. The number of rotatable bonds is 4. The van der Waals surface area contributed by atoms with Crippen LogP contribution in [0.2, 0.25) is 10.0 Å². The maximum atomic E-state index is 6.22. The summed E-state index contributed by atoms with van der Waals surface area (Å²) in [6.45, 7) is 4.38. The molecule has 0 spiro atoms. The Bertz CT molecular complexity index is 675. The topological polar surface area (TPSA) is 62.5 Å². The lowest BCUT2D eigenvalue weighted by molar-refractivity contribution is 0.376. The second-order valence-corrected chi connectivity index (χ2v) is 5.74. The number of guanidine groups is 1. The average Bonchev–Trinajstić information content (AvgIpc) is 2.88. The highest BCUT2D eigenvalue weighted by Gasteiger charge is 2.12. The highest BCUT2D eigenvalue weighted by molar-refractivity contribution is 14.0. The summed E-state index contributed by atoms with van der Waals surface area (Å²) in [7, 11) is 1.71. The molecule has 0 bridgehead atoms. The van der Waals surface area contributed by atoms with Crippen LogP contribution in [-0.2, 0) is 6.54 Å². The number of benzene rings is 1. The first-order valence-corrected chi connectivity index (χ1v) is 7.59. The summed E-state index contributed by atoms with van der Waals surface area (Å²) in [5.74, 6) is 1.39. The Morgan fingerprint density at radius 3 is 2.65 bits per heavy atom. The molecule has 1 atom stereocenters. The van der Waals surface area contributed by atoms with Crippen LogP contribution in [-0.4, -0.2) is 18.2 Å². The van der Waals surface area contributed by atoms with Gasteiger partial charge in [0.15, 0.2) is 11.7 Å². The largest absolute Gasteiger partial charge is 0.359 e. The summed E-state index contributed by atoms with van der Waals surface area (Å²) in [5, 5.41) is 11.5. The van der Waals surface area contributed by atoms with Gasteiger partial charge < -0.3 is 15.2 Å². The van der Waals surface area contributed by atoms with Gasteiger partial charge in [0.25, 0.3) is 0 Å². The zero-order valence-electron chi connectivity index (χ0n) is 13.1. The Kier molecular flexibility index (Phi) is 8.15. The number of hydrogen-bond donors (Lipinski definition) is 2. The van der Waals surface area contributed by atoms with Crippen LogP contribution in [0.1, 0.15) is 30.0 Å². The SMILES string of the molecule is CN=C(NCc1cc(C)no1)NC(C)c1ccc(Cl)cc1Cl.I. The van der Waals surface area contributed by atoms with Crippen LogP contribution < -0.4 is 10.6 Å². The van der Waals surface area contributed by atoms with E-state index in [4.69, 9.17) is 27.7 Å². The lowest BCUT2D eigenvalue weighted by Crippen LogP contribution is -2.38. The molecule has 1 aromatic heterocycles. The monoisotopic (exact) mass is 468 g/mol. The Balaban J connectivity index is 0.00000264. The van der Waals surface area contributed by atoms with Gasteiger partial charge in [0, 0.05) is 23.2 Å². The number of nitrogens with one attached hydrogen (secondary N) is 2. The molecule has 23 heavy (non-hydrogen) atoms. The fraction of sp³-hybridized carbons (Fsp3) is 0.333. The normalized spacial score (nSPS) is 12.5. The van der Waals surface area contributed by atoms with Crippen molar-refractivity contribution in [3.63, 3.8) is 0 Å². The van der Waals surface area contributed by atoms with Gasteiger partial charge in [-0.1, -0.05) is 34.4 Å². The smallest absolute Gasteiger partial charge is 0.191 e. The second-order valence-electron chi connectivity index (χ2n) is 4.89. The summed E-state index contributed by atoms with van der Waals surface area (Å²) >= 11 is 12.1. The Morgan fingerprint density at radius 2 is 2.09 bits per heavy atom. The van der Waals surface area contributed by atoms with Crippen molar-refractivity contribution in [2.75, 3.05) is 7.05 Å². The van der Waals surface area contributed by atoms with Gasteiger partial charge >= 0.3 is 0 Å². The fourth-order valence-electron chi connectivity index (χ4n) is 2.00. The van der Waals surface area contributed by atoms with E-state index in [-0.39, 0.29) is 30.0 Å². The van der Waals surface area contributed by atoms with Crippen LogP contribution in [0.25, 0.3) is 0 Å².